The minimum absolute atomic E-state index is 0.277. The smallest absolute Gasteiger partial charge is 0.320 e. The Bertz CT molecular complexity index is 1240. The fourth-order valence-electron chi connectivity index (χ4n) is 4.02. The largest absolute Gasteiger partial charge is 0.351 e. The molecule has 2 aromatic heterocycles. The second-order valence-electron chi connectivity index (χ2n) is 8.06. The third-order valence-electron chi connectivity index (χ3n) is 5.68. The molecule has 9 heteroatoms. The lowest BCUT2D eigenvalue weighted by atomic mass is 9.99. The van der Waals surface area contributed by atoms with E-state index in [-0.39, 0.29) is 11.8 Å². The number of rotatable bonds is 4. The van der Waals surface area contributed by atoms with E-state index in [1.807, 2.05) is 24.3 Å². The normalized spacial score (nSPS) is 12.6. The number of pyridine rings is 2. The number of hydrogen-bond donors (Lipinski definition) is 2. The number of nitrogens with zero attached hydrogens (tertiary/aromatic N) is 4. The summed E-state index contributed by atoms with van der Waals surface area (Å²) < 4.78 is 0. The van der Waals surface area contributed by atoms with Crippen LogP contribution in [0.1, 0.15) is 36.2 Å². The van der Waals surface area contributed by atoms with Crippen LogP contribution in [-0.2, 0) is 11.2 Å². The third-order valence-corrected chi connectivity index (χ3v) is 5.68. The predicted octanol–water partition coefficient (Wildman–Crippen LogP) is 3.16. The summed E-state index contributed by atoms with van der Waals surface area (Å²) in [5, 5.41) is 1.28. The lowest BCUT2D eigenvalue weighted by Gasteiger charge is -2.26. The fourth-order valence-corrected chi connectivity index (χ4v) is 4.02. The zero-order valence-electron chi connectivity index (χ0n) is 19.1. The molecule has 1 aliphatic rings. The first-order chi connectivity index (χ1) is 16.4. The number of aromatic nitrogens is 2. The Morgan fingerprint density at radius 3 is 2.35 bits per heavy atom. The van der Waals surface area contributed by atoms with Gasteiger partial charge in [-0.3, -0.25) is 29.9 Å². The van der Waals surface area contributed by atoms with Gasteiger partial charge >= 0.3 is 6.03 Å². The standard InChI is InChI=1S/C25H26N6O3/c1-3-31(29-16(2)32)24(33)18-8-6-17(7-9-18)20-12-21(14-27-13-20)22-11-19-5-4-10-30(25(26)34)23(19)28-15-22/h6-9,11-15H,3-5,10H2,1-2H3,(H2,26,34)(H,29,32). The molecule has 1 aromatic carbocycles. The van der Waals surface area contributed by atoms with Gasteiger partial charge in [0.25, 0.3) is 5.91 Å². The highest BCUT2D eigenvalue weighted by atomic mass is 16.2. The Morgan fingerprint density at radius 1 is 1.03 bits per heavy atom. The van der Waals surface area contributed by atoms with E-state index in [0.29, 0.717) is 24.5 Å². The van der Waals surface area contributed by atoms with Gasteiger partial charge in [-0.25, -0.2) is 9.78 Å². The van der Waals surface area contributed by atoms with Gasteiger partial charge < -0.3 is 5.73 Å². The van der Waals surface area contributed by atoms with E-state index >= 15 is 0 Å². The minimum Gasteiger partial charge on any atom is -0.351 e. The molecule has 4 amide bonds. The van der Waals surface area contributed by atoms with Gasteiger partial charge in [0.1, 0.15) is 5.82 Å². The number of fused-ring (bicyclic) bond motifs is 1. The number of aryl methyl sites for hydroxylation is 1. The lowest BCUT2D eigenvalue weighted by molar-refractivity contribution is -0.122. The Balaban J connectivity index is 1.58. The van der Waals surface area contributed by atoms with Gasteiger partial charge in [0.05, 0.1) is 0 Å². The average Bonchev–Trinajstić information content (AvgIpc) is 2.86. The van der Waals surface area contributed by atoms with E-state index in [9.17, 15) is 14.4 Å². The Morgan fingerprint density at radius 2 is 1.71 bits per heavy atom. The van der Waals surface area contributed by atoms with Gasteiger partial charge in [-0.05, 0) is 55.2 Å². The number of anilines is 1. The first-order valence-corrected chi connectivity index (χ1v) is 11.1. The number of benzene rings is 1. The summed E-state index contributed by atoms with van der Waals surface area (Å²) in [5.74, 6) is 0.0437. The van der Waals surface area contributed by atoms with E-state index in [1.54, 1.807) is 37.6 Å². The Kier molecular flexibility index (Phi) is 6.53. The van der Waals surface area contributed by atoms with Crippen molar-refractivity contribution in [3.05, 3.63) is 66.1 Å². The molecule has 0 spiro atoms. The zero-order valence-corrected chi connectivity index (χ0v) is 19.1. The van der Waals surface area contributed by atoms with E-state index in [1.165, 1.54) is 16.8 Å². The monoisotopic (exact) mass is 458 g/mol. The first kappa shape index (κ1) is 22.9. The molecule has 9 nitrogen and oxygen atoms in total. The summed E-state index contributed by atoms with van der Waals surface area (Å²) >= 11 is 0. The Hall–Kier alpha value is -4.27. The SMILES string of the molecule is CCN(NC(C)=O)C(=O)c1ccc(-c2cncc(-c3cnc4c(c3)CCCN4C(N)=O)c2)cc1. The fraction of sp³-hybridized carbons (Fsp3) is 0.240. The van der Waals surface area contributed by atoms with Crippen molar-refractivity contribution in [2.75, 3.05) is 18.0 Å². The Labute approximate surface area is 197 Å². The quantitative estimate of drug-likeness (QED) is 0.582. The second kappa shape index (κ2) is 9.70. The molecule has 3 aromatic rings. The molecule has 0 fully saturated rings. The van der Waals surface area contributed by atoms with Crippen LogP contribution >= 0.6 is 0 Å². The van der Waals surface area contributed by atoms with Crippen molar-refractivity contribution >= 4 is 23.7 Å². The number of amides is 4. The van der Waals surface area contributed by atoms with Crippen LogP contribution in [0.3, 0.4) is 0 Å². The van der Waals surface area contributed by atoms with Crippen molar-refractivity contribution in [2.45, 2.75) is 26.7 Å². The number of carbonyl (C=O) groups excluding carboxylic acids is 3. The summed E-state index contributed by atoms with van der Waals surface area (Å²) in [6, 6.07) is 10.7. The van der Waals surface area contributed by atoms with Crippen molar-refractivity contribution in [3.63, 3.8) is 0 Å². The van der Waals surface area contributed by atoms with Gasteiger partial charge in [0.15, 0.2) is 0 Å². The molecule has 3 heterocycles. The molecule has 0 unspecified atom stereocenters. The maximum atomic E-state index is 12.6. The van der Waals surface area contributed by atoms with Crippen molar-refractivity contribution in [1.82, 2.24) is 20.4 Å². The molecule has 0 atom stereocenters. The molecular weight excluding hydrogens is 432 g/mol. The van der Waals surface area contributed by atoms with Crippen LogP contribution in [-0.4, -0.2) is 45.9 Å². The van der Waals surface area contributed by atoms with Crippen molar-refractivity contribution in [3.8, 4) is 22.3 Å². The molecule has 3 N–H and O–H groups in total. The van der Waals surface area contributed by atoms with Crippen LogP contribution < -0.4 is 16.1 Å². The molecule has 0 saturated carbocycles. The molecule has 0 saturated heterocycles. The molecule has 0 aliphatic carbocycles. The summed E-state index contributed by atoms with van der Waals surface area (Å²) in [4.78, 5) is 46.1. The van der Waals surface area contributed by atoms with Gasteiger partial charge in [-0.1, -0.05) is 12.1 Å². The number of urea groups is 1. The van der Waals surface area contributed by atoms with Crippen LogP contribution in [0.5, 0.6) is 0 Å². The summed E-state index contributed by atoms with van der Waals surface area (Å²) in [6.07, 6.45) is 6.92. The van der Waals surface area contributed by atoms with Gasteiger partial charge in [0, 0.05) is 60.9 Å². The van der Waals surface area contributed by atoms with Crippen LogP contribution in [0.15, 0.2) is 55.0 Å². The van der Waals surface area contributed by atoms with Gasteiger partial charge in [-0.2, -0.15) is 0 Å². The number of primary amides is 1. The van der Waals surface area contributed by atoms with Crippen LogP contribution in [0.4, 0.5) is 10.6 Å². The average molecular weight is 459 g/mol. The van der Waals surface area contributed by atoms with E-state index < -0.39 is 6.03 Å². The van der Waals surface area contributed by atoms with Gasteiger partial charge in [0.2, 0.25) is 5.91 Å². The van der Waals surface area contributed by atoms with E-state index in [0.717, 1.165) is 40.7 Å². The molecule has 0 radical (unpaired) electrons. The number of nitrogens with one attached hydrogen (secondary N) is 1. The topological polar surface area (TPSA) is 122 Å². The second-order valence-corrected chi connectivity index (χ2v) is 8.06. The number of hydrogen-bond acceptors (Lipinski definition) is 5. The van der Waals surface area contributed by atoms with Crippen LogP contribution in [0.25, 0.3) is 22.3 Å². The highest BCUT2D eigenvalue weighted by Crippen LogP contribution is 2.31. The summed E-state index contributed by atoms with van der Waals surface area (Å²) in [5.41, 5.74) is 13.1. The van der Waals surface area contributed by atoms with Crippen molar-refractivity contribution in [1.29, 1.82) is 0 Å². The molecule has 34 heavy (non-hydrogen) atoms. The zero-order chi connectivity index (χ0) is 24.2. The van der Waals surface area contributed by atoms with Gasteiger partial charge in [-0.15, -0.1) is 0 Å². The predicted molar refractivity (Wildman–Crippen MR) is 129 cm³/mol. The number of hydrazine groups is 1. The maximum Gasteiger partial charge on any atom is 0.320 e. The lowest BCUT2D eigenvalue weighted by Crippen LogP contribution is -2.45. The van der Waals surface area contributed by atoms with Crippen molar-refractivity contribution < 1.29 is 14.4 Å². The molecule has 1 aliphatic heterocycles. The molecule has 4 rings (SSSR count). The molecule has 174 valence electrons. The number of carbonyl (C=O) groups is 3. The first-order valence-electron chi connectivity index (χ1n) is 11.1. The molecule has 0 bridgehead atoms. The maximum absolute atomic E-state index is 12.6. The van der Waals surface area contributed by atoms with Crippen LogP contribution in [0, 0.1) is 0 Å². The van der Waals surface area contributed by atoms with Crippen LogP contribution in [0.2, 0.25) is 0 Å². The summed E-state index contributed by atoms with van der Waals surface area (Å²) in [6.45, 7) is 4.09. The van der Waals surface area contributed by atoms with Crippen molar-refractivity contribution in [2.24, 2.45) is 5.73 Å². The number of nitrogens with two attached hydrogens (primary N) is 1. The minimum atomic E-state index is -0.495. The third kappa shape index (κ3) is 4.73. The van der Waals surface area contributed by atoms with E-state index in [4.69, 9.17) is 5.73 Å². The highest BCUT2D eigenvalue weighted by Gasteiger charge is 2.22. The highest BCUT2D eigenvalue weighted by molar-refractivity contribution is 5.95. The summed E-state index contributed by atoms with van der Waals surface area (Å²) in [7, 11) is 0. The molecular formula is C25H26N6O3. The van der Waals surface area contributed by atoms with E-state index in [2.05, 4.69) is 15.4 Å².